The Labute approximate surface area is 159 Å². The molecule has 0 aliphatic carbocycles. The van der Waals surface area contributed by atoms with Crippen LogP contribution in [0, 0.1) is 19.8 Å². The molecule has 1 N–H and O–H groups in total. The van der Waals surface area contributed by atoms with Gasteiger partial charge in [-0.3, -0.25) is 4.79 Å². The van der Waals surface area contributed by atoms with Crippen molar-refractivity contribution < 1.29 is 17.7 Å². The number of rotatable bonds is 6. The highest BCUT2D eigenvalue weighted by Gasteiger charge is 2.27. The lowest BCUT2D eigenvalue weighted by atomic mass is 9.90. The zero-order valence-corrected chi connectivity index (χ0v) is 16.5. The topological polar surface area (TPSA) is 92.5 Å². The lowest BCUT2D eigenvalue weighted by Crippen LogP contribution is -2.44. The molecule has 1 aliphatic heterocycles. The third-order valence-corrected chi connectivity index (χ3v) is 6.63. The summed E-state index contributed by atoms with van der Waals surface area (Å²) in [6, 6.07) is 10.3. The monoisotopic (exact) mass is 391 g/mol. The number of sulfonamides is 1. The van der Waals surface area contributed by atoms with E-state index in [4.69, 9.17) is 4.52 Å². The van der Waals surface area contributed by atoms with Gasteiger partial charge in [0.2, 0.25) is 15.9 Å². The number of hydrogen-bond donors (Lipinski definition) is 1. The summed E-state index contributed by atoms with van der Waals surface area (Å²) in [5.41, 5.74) is 1.60. The summed E-state index contributed by atoms with van der Waals surface area (Å²) in [5.74, 6) is 0.563. The van der Waals surface area contributed by atoms with E-state index in [-0.39, 0.29) is 28.8 Å². The Bertz CT molecular complexity index is 865. The molecular weight excluding hydrogens is 366 g/mol. The van der Waals surface area contributed by atoms with Gasteiger partial charge in [-0.2, -0.15) is 0 Å². The van der Waals surface area contributed by atoms with E-state index in [2.05, 4.69) is 22.0 Å². The Morgan fingerprint density at radius 3 is 2.48 bits per heavy atom. The molecule has 1 aromatic carbocycles. The minimum absolute atomic E-state index is 0.0110. The van der Waals surface area contributed by atoms with Crippen LogP contribution in [-0.4, -0.2) is 44.0 Å². The SMILES string of the molecule is Cc1noc(C)c1S(=O)(=O)NCC(=O)N1CCC(Cc2ccccc2)CC1. The second kappa shape index (κ2) is 8.22. The quantitative estimate of drug-likeness (QED) is 0.814. The molecule has 0 radical (unpaired) electrons. The third-order valence-electron chi connectivity index (χ3n) is 4.98. The maximum atomic E-state index is 12.4. The number of amides is 1. The van der Waals surface area contributed by atoms with E-state index in [1.54, 1.807) is 11.8 Å². The fourth-order valence-corrected chi connectivity index (χ4v) is 4.83. The van der Waals surface area contributed by atoms with Gasteiger partial charge in [0.25, 0.3) is 0 Å². The van der Waals surface area contributed by atoms with Crippen LogP contribution in [0.5, 0.6) is 0 Å². The fraction of sp³-hybridized carbons (Fsp3) is 0.474. The van der Waals surface area contributed by atoms with E-state index in [9.17, 15) is 13.2 Å². The number of nitrogens with one attached hydrogen (secondary N) is 1. The number of nitrogens with zero attached hydrogens (tertiary/aromatic N) is 2. The maximum Gasteiger partial charge on any atom is 0.246 e. The van der Waals surface area contributed by atoms with Gasteiger partial charge in [0, 0.05) is 13.1 Å². The Balaban J connectivity index is 1.50. The third kappa shape index (κ3) is 4.75. The Morgan fingerprint density at radius 2 is 1.89 bits per heavy atom. The van der Waals surface area contributed by atoms with Crippen LogP contribution in [0.15, 0.2) is 39.8 Å². The minimum Gasteiger partial charge on any atom is -0.360 e. The number of benzene rings is 1. The van der Waals surface area contributed by atoms with Gasteiger partial charge in [-0.05, 0) is 44.6 Å². The lowest BCUT2D eigenvalue weighted by Gasteiger charge is -2.32. The van der Waals surface area contributed by atoms with E-state index >= 15 is 0 Å². The molecular formula is C19H25N3O4S. The van der Waals surface area contributed by atoms with E-state index in [1.807, 2.05) is 18.2 Å². The number of hydrogen-bond acceptors (Lipinski definition) is 5. The van der Waals surface area contributed by atoms with Gasteiger partial charge in [0.15, 0.2) is 5.76 Å². The summed E-state index contributed by atoms with van der Waals surface area (Å²) in [4.78, 5) is 14.2. The number of carbonyl (C=O) groups excluding carboxylic acids is 1. The summed E-state index contributed by atoms with van der Waals surface area (Å²) >= 11 is 0. The van der Waals surface area contributed by atoms with Crippen LogP contribution >= 0.6 is 0 Å². The van der Waals surface area contributed by atoms with Gasteiger partial charge >= 0.3 is 0 Å². The first-order valence-electron chi connectivity index (χ1n) is 9.11. The predicted octanol–water partition coefficient (Wildman–Crippen LogP) is 2.05. The lowest BCUT2D eigenvalue weighted by molar-refractivity contribution is -0.131. The summed E-state index contributed by atoms with van der Waals surface area (Å²) in [7, 11) is -3.82. The highest BCUT2D eigenvalue weighted by molar-refractivity contribution is 7.89. The molecule has 2 heterocycles. The molecule has 27 heavy (non-hydrogen) atoms. The predicted molar refractivity (Wildman–Crippen MR) is 101 cm³/mol. The summed E-state index contributed by atoms with van der Waals surface area (Å²) in [5, 5.41) is 3.65. The fourth-order valence-electron chi connectivity index (χ4n) is 3.53. The van der Waals surface area contributed by atoms with Crippen LogP contribution in [0.25, 0.3) is 0 Å². The molecule has 7 nitrogen and oxygen atoms in total. The normalized spacial score (nSPS) is 15.9. The van der Waals surface area contributed by atoms with Crippen molar-refractivity contribution in [2.75, 3.05) is 19.6 Å². The number of aromatic nitrogens is 1. The summed E-state index contributed by atoms with van der Waals surface area (Å²) in [6.07, 6.45) is 2.87. The first-order valence-corrected chi connectivity index (χ1v) is 10.6. The molecule has 0 unspecified atom stereocenters. The van der Waals surface area contributed by atoms with Crippen molar-refractivity contribution in [1.29, 1.82) is 0 Å². The molecule has 1 aromatic heterocycles. The molecule has 0 saturated carbocycles. The summed E-state index contributed by atoms with van der Waals surface area (Å²) in [6.45, 7) is 4.15. The van der Waals surface area contributed by atoms with Crippen LogP contribution in [0.2, 0.25) is 0 Å². The zero-order valence-electron chi connectivity index (χ0n) is 15.6. The van der Waals surface area contributed by atoms with Crippen LogP contribution in [0.3, 0.4) is 0 Å². The Kier molecular flexibility index (Phi) is 5.96. The molecule has 1 saturated heterocycles. The van der Waals surface area contributed by atoms with E-state index in [0.717, 1.165) is 19.3 Å². The van der Waals surface area contributed by atoms with Gasteiger partial charge in [0.05, 0.1) is 6.54 Å². The highest BCUT2D eigenvalue weighted by Crippen LogP contribution is 2.22. The smallest absolute Gasteiger partial charge is 0.246 e. The van der Waals surface area contributed by atoms with Crippen molar-refractivity contribution in [3.63, 3.8) is 0 Å². The Morgan fingerprint density at radius 1 is 1.22 bits per heavy atom. The standard InChI is InChI=1S/C19H25N3O4S/c1-14-19(15(2)26-21-14)27(24,25)20-13-18(23)22-10-8-17(9-11-22)12-16-6-4-3-5-7-16/h3-7,17,20H,8-13H2,1-2H3. The van der Waals surface area contributed by atoms with Crippen LogP contribution < -0.4 is 4.72 Å². The molecule has 0 bridgehead atoms. The number of piperidine rings is 1. The first-order chi connectivity index (χ1) is 12.9. The molecule has 8 heteroatoms. The van der Waals surface area contributed by atoms with Gasteiger partial charge in [-0.25, -0.2) is 13.1 Å². The molecule has 1 fully saturated rings. The largest absolute Gasteiger partial charge is 0.360 e. The van der Waals surface area contributed by atoms with Crippen LogP contribution in [0.1, 0.15) is 29.9 Å². The van der Waals surface area contributed by atoms with Crippen molar-refractivity contribution in [3.05, 3.63) is 47.3 Å². The molecule has 0 spiro atoms. The zero-order chi connectivity index (χ0) is 19.4. The van der Waals surface area contributed by atoms with Gasteiger partial charge in [0.1, 0.15) is 10.6 Å². The first kappa shape index (κ1) is 19.6. The van der Waals surface area contributed by atoms with E-state index < -0.39 is 10.0 Å². The van der Waals surface area contributed by atoms with Crippen LogP contribution in [0.4, 0.5) is 0 Å². The van der Waals surface area contributed by atoms with Crippen LogP contribution in [-0.2, 0) is 21.2 Å². The molecule has 0 atom stereocenters. The van der Waals surface area contributed by atoms with Gasteiger partial charge < -0.3 is 9.42 Å². The molecule has 2 aromatic rings. The average molecular weight is 391 g/mol. The number of carbonyl (C=O) groups is 1. The van der Waals surface area contributed by atoms with Crippen molar-refractivity contribution in [2.24, 2.45) is 5.92 Å². The van der Waals surface area contributed by atoms with Crippen molar-refractivity contribution >= 4 is 15.9 Å². The Hall–Kier alpha value is -2.19. The number of aryl methyl sites for hydroxylation is 2. The van der Waals surface area contributed by atoms with E-state index in [1.165, 1.54) is 12.5 Å². The molecule has 1 amide bonds. The minimum atomic E-state index is -3.82. The highest BCUT2D eigenvalue weighted by atomic mass is 32.2. The van der Waals surface area contributed by atoms with Gasteiger partial charge in [-0.1, -0.05) is 35.5 Å². The molecule has 1 aliphatic rings. The maximum absolute atomic E-state index is 12.4. The average Bonchev–Trinajstić information content (AvgIpc) is 3.00. The number of likely N-dealkylation sites (tertiary alicyclic amines) is 1. The molecule has 146 valence electrons. The van der Waals surface area contributed by atoms with Crippen molar-refractivity contribution in [1.82, 2.24) is 14.8 Å². The van der Waals surface area contributed by atoms with Crippen molar-refractivity contribution in [2.45, 2.75) is 38.0 Å². The second-order valence-electron chi connectivity index (χ2n) is 6.99. The van der Waals surface area contributed by atoms with Crippen molar-refractivity contribution in [3.8, 4) is 0 Å². The second-order valence-corrected chi connectivity index (χ2v) is 8.70. The van der Waals surface area contributed by atoms with E-state index in [0.29, 0.717) is 19.0 Å². The summed E-state index contributed by atoms with van der Waals surface area (Å²) < 4.78 is 32.1. The van der Waals surface area contributed by atoms with Gasteiger partial charge in [-0.15, -0.1) is 0 Å². The molecule has 3 rings (SSSR count).